The van der Waals surface area contributed by atoms with Crippen molar-refractivity contribution in [3.63, 3.8) is 0 Å². The van der Waals surface area contributed by atoms with Crippen LogP contribution in [0.5, 0.6) is 11.5 Å². The van der Waals surface area contributed by atoms with E-state index in [0.29, 0.717) is 17.4 Å². The molecule has 106 valence electrons. The maximum absolute atomic E-state index is 14.0. The summed E-state index contributed by atoms with van der Waals surface area (Å²) in [5, 5.41) is 0. The van der Waals surface area contributed by atoms with Gasteiger partial charge in [-0.3, -0.25) is 0 Å². The van der Waals surface area contributed by atoms with Crippen molar-refractivity contribution in [2.24, 2.45) is 5.92 Å². The van der Waals surface area contributed by atoms with Gasteiger partial charge in [0.2, 0.25) is 0 Å². The van der Waals surface area contributed by atoms with Gasteiger partial charge < -0.3 is 4.74 Å². The fourth-order valence-electron chi connectivity index (χ4n) is 2.17. The Morgan fingerprint density at radius 1 is 1.00 bits per heavy atom. The molecule has 0 bridgehead atoms. The quantitative estimate of drug-likeness (QED) is 0.665. The number of aryl methyl sites for hydroxylation is 1. The zero-order chi connectivity index (χ0) is 14.4. The van der Waals surface area contributed by atoms with E-state index in [0.717, 1.165) is 24.8 Å². The average Bonchev–Trinajstić information content (AvgIpc) is 2.43. The number of ether oxygens (including phenoxy) is 1. The molecule has 2 aromatic carbocycles. The minimum atomic E-state index is -0.295. The second kappa shape index (κ2) is 7.09. The van der Waals surface area contributed by atoms with Gasteiger partial charge in [-0.15, -0.1) is 0 Å². The highest BCUT2D eigenvalue weighted by molar-refractivity contribution is 5.39. The smallest absolute Gasteiger partial charge is 0.166 e. The van der Waals surface area contributed by atoms with E-state index in [4.69, 9.17) is 4.74 Å². The van der Waals surface area contributed by atoms with Crippen molar-refractivity contribution in [3.8, 4) is 11.5 Å². The van der Waals surface area contributed by atoms with Gasteiger partial charge in [0.15, 0.2) is 11.6 Å². The Hall–Kier alpha value is -1.83. The first-order chi connectivity index (χ1) is 9.66. The molecule has 0 spiro atoms. The summed E-state index contributed by atoms with van der Waals surface area (Å²) in [6.45, 7) is 4.40. The third kappa shape index (κ3) is 4.09. The molecular weight excluding hydrogens is 251 g/mol. The molecule has 1 nitrogen and oxygen atoms in total. The molecule has 2 aromatic rings. The predicted octanol–water partition coefficient (Wildman–Crippen LogP) is 5.60. The molecule has 0 saturated carbocycles. The van der Waals surface area contributed by atoms with Gasteiger partial charge in [0.25, 0.3) is 0 Å². The van der Waals surface area contributed by atoms with Crippen molar-refractivity contribution in [2.45, 2.75) is 33.1 Å². The summed E-state index contributed by atoms with van der Waals surface area (Å²) in [6, 6.07) is 14.5. The van der Waals surface area contributed by atoms with Gasteiger partial charge in [0.1, 0.15) is 5.75 Å². The van der Waals surface area contributed by atoms with Crippen molar-refractivity contribution in [1.29, 1.82) is 0 Å². The number of benzene rings is 2. The first kappa shape index (κ1) is 14.6. The minimum Gasteiger partial charge on any atom is -0.454 e. The molecule has 0 atom stereocenters. The molecule has 0 aromatic heterocycles. The lowest BCUT2D eigenvalue weighted by atomic mass is 10.0. The van der Waals surface area contributed by atoms with Crippen LogP contribution in [0.25, 0.3) is 0 Å². The summed E-state index contributed by atoms with van der Waals surface area (Å²) in [4.78, 5) is 0. The van der Waals surface area contributed by atoms with Crippen LogP contribution in [-0.4, -0.2) is 0 Å². The lowest BCUT2D eigenvalue weighted by Gasteiger charge is -2.12. The SMILES string of the molecule is CC(C)CCCc1cccc(F)c1Oc1ccccc1. The van der Waals surface area contributed by atoms with Crippen LogP contribution >= 0.6 is 0 Å². The van der Waals surface area contributed by atoms with E-state index in [1.807, 2.05) is 36.4 Å². The molecule has 2 heteroatoms. The van der Waals surface area contributed by atoms with Gasteiger partial charge in [-0.1, -0.05) is 50.6 Å². The van der Waals surface area contributed by atoms with Crippen LogP contribution in [0.4, 0.5) is 4.39 Å². The second-order valence-electron chi connectivity index (χ2n) is 5.43. The molecule has 20 heavy (non-hydrogen) atoms. The van der Waals surface area contributed by atoms with Gasteiger partial charge >= 0.3 is 0 Å². The maximum Gasteiger partial charge on any atom is 0.166 e. The molecule has 0 fully saturated rings. The Labute approximate surface area is 120 Å². The van der Waals surface area contributed by atoms with Crippen LogP contribution < -0.4 is 4.74 Å². The number of para-hydroxylation sites is 2. The second-order valence-corrected chi connectivity index (χ2v) is 5.43. The van der Waals surface area contributed by atoms with E-state index < -0.39 is 0 Å². The van der Waals surface area contributed by atoms with Crippen molar-refractivity contribution < 1.29 is 9.13 Å². The summed E-state index contributed by atoms with van der Waals surface area (Å²) in [5.74, 6) is 1.41. The fraction of sp³-hybridized carbons (Fsp3) is 0.333. The van der Waals surface area contributed by atoms with Crippen molar-refractivity contribution >= 4 is 0 Å². The van der Waals surface area contributed by atoms with Crippen LogP contribution in [-0.2, 0) is 6.42 Å². The Morgan fingerprint density at radius 3 is 2.45 bits per heavy atom. The Bertz CT molecular complexity index is 534. The minimum absolute atomic E-state index is 0.295. The Morgan fingerprint density at radius 2 is 1.75 bits per heavy atom. The summed E-state index contributed by atoms with van der Waals surface area (Å²) in [5.41, 5.74) is 0.939. The molecule has 2 rings (SSSR count). The van der Waals surface area contributed by atoms with Gasteiger partial charge in [-0.2, -0.15) is 0 Å². The molecule has 0 aliphatic heterocycles. The average molecular weight is 272 g/mol. The molecule has 0 aliphatic carbocycles. The van der Waals surface area contributed by atoms with E-state index >= 15 is 0 Å². The van der Waals surface area contributed by atoms with E-state index in [-0.39, 0.29) is 5.82 Å². The lowest BCUT2D eigenvalue weighted by Crippen LogP contribution is -1.97. The van der Waals surface area contributed by atoms with Crippen molar-refractivity contribution in [2.75, 3.05) is 0 Å². The molecule has 0 radical (unpaired) electrons. The zero-order valence-corrected chi connectivity index (χ0v) is 12.1. The molecule has 0 aliphatic rings. The van der Waals surface area contributed by atoms with Crippen molar-refractivity contribution in [3.05, 3.63) is 59.9 Å². The predicted molar refractivity (Wildman–Crippen MR) is 80.7 cm³/mol. The molecular formula is C18H21FO. The number of halogens is 1. The highest BCUT2D eigenvalue weighted by atomic mass is 19.1. The monoisotopic (exact) mass is 272 g/mol. The zero-order valence-electron chi connectivity index (χ0n) is 12.1. The Balaban J connectivity index is 2.14. The summed E-state index contributed by atoms with van der Waals surface area (Å²) < 4.78 is 19.7. The normalized spacial score (nSPS) is 10.8. The fourth-order valence-corrected chi connectivity index (χ4v) is 2.17. The van der Waals surface area contributed by atoms with E-state index in [9.17, 15) is 4.39 Å². The summed E-state index contributed by atoms with van der Waals surface area (Å²) in [7, 11) is 0. The van der Waals surface area contributed by atoms with Crippen LogP contribution in [0.2, 0.25) is 0 Å². The third-order valence-electron chi connectivity index (χ3n) is 3.24. The Kier molecular flexibility index (Phi) is 5.16. The summed E-state index contributed by atoms with van der Waals surface area (Å²) >= 11 is 0. The highest BCUT2D eigenvalue weighted by Crippen LogP contribution is 2.29. The third-order valence-corrected chi connectivity index (χ3v) is 3.24. The molecule has 0 amide bonds. The highest BCUT2D eigenvalue weighted by Gasteiger charge is 2.11. The number of hydrogen-bond donors (Lipinski definition) is 0. The van der Waals surface area contributed by atoms with Gasteiger partial charge in [-0.05, 0) is 42.5 Å². The van der Waals surface area contributed by atoms with Crippen LogP contribution in [0.3, 0.4) is 0 Å². The first-order valence-corrected chi connectivity index (χ1v) is 7.17. The molecule has 0 saturated heterocycles. The topological polar surface area (TPSA) is 9.23 Å². The van der Waals surface area contributed by atoms with E-state index in [2.05, 4.69) is 13.8 Å². The van der Waals surface area contributed by atoms with E-state index in [1.54, 1.807) is 6.07 Å². The standard InChI is InChI=1S/C18H21FO/c1-14(2)8-6-9-15-10-7-13-17(19)18(15)20-16-11-4-3-5-12-16/h3-5,7,10-14H,6,8-9H2,1-2H3. The summed E-state index contributed by atoms with van der Waals surface area (Å²) in [6.07, 6.45) is 3.03. The van der Waals surface area contributed by atoms with Crippen LogP contribution in [0.1, 0.15) is 32.3 Å². The van der Waals surface area contributed by atoms with Gasteiger partial charge in [-0.25, -0.2) is 4.39 Å². The first-order valence-electron chi connectivity index (χ1n) is 7.17. The largest absolute Gasteiger partial charge is 0.454 e. The molecule has 0 heterocycles. The van der Waals surface area contributed by atoms with Gasteiger partial charge in [0.05, 0.1) is 0 Å². The maximum atomic E-state index is 14.0. The van der Waals surface area contributed by atoms with Crippen LogP contribution in [0, 0.1) is 11.7 Å². The van der Waals surface area contributed by atoms with Gasteiger partial charge in [0, 0.05) is 0 Å². The number of hydrogen-bond acceptors (Lipinski definition) is 1. The van der Waals surface area contributed by atoms with Crippen LogP contribution in [0.15, 0.2) is 48.5 Å². The lowest BCUT2D eigenvalue weighted by molar-refractivity contribution is 0.433. The molecule has 0 unspecified atom stereocenters. The van der Waals surface area contributed by atoms with Crippen molar-refractivity contribution in [1.82, 2.24) is 0 Å². The van der Waals surface area contributed by atoms with E-state index in [1.165, 1.54) is 6.07 Å². The molecule has 0 N–H and O–H groups in total. The number of rotatable bonds is 6.